The molecule has 72 heavy (non-hydrogen) atoms. The molecule has 0 bridgehead atoms. The Morgan fingerprint density at radius 3 is 2.11 bits per heavy atom. The highest BCUT2D eigenvalue weighted by Gasteiger charge is 2.31. The number of amides is 7. The van der Waals surface area contributed by atoms with Crippen LogP contribution in [-0.4, -0.2) is 114 Å². The summed E-state index contributed by atoms with van der Waals surface area (Å²) < 4.78 is 8.35. The van der Waals surface area contributed by atoms with Gasteiger partial charge in [-0.3, -0.25) is 24.0 Å². The Labute approximate surface area is 421 Å². The van der Waals surface area contributed by atoms with Crippen molar-refractivity contribution >= 4 is 58.2 Å². The van der Waals surface area contributed by atoms with Gasteiger partial charge in [-0.05, 0) is 79.3 Å². The minimum absolute atomic E-state index is 0.0486. The fraction of sp³-hybridized carbons (Fsp3) is 0.444. The molecule has 0 aromatic heterocycles. The van der Waals surface area contributed by atoms with Gasteiger partial charge in [0.2, 0.25) is 29.0 Å². The van der Waals surface area contributed by atoms with Gasteiger partial charge in [0.05, 0.1) is 12.0 Å². The molecule has 5 rings (SSSR count). The van der Waals surface area contributed by atoms with Crippen molar-refractivity contribution in [2.75, 3.05) is 52.7 Å². The van der Waals surface area contributed by atoms with Gasteiger partial charge in [-0.1, -0.05) is 65.8 Å². The Bertz CT molecular complexity index is 2730. The van der Waals surface area contributed by atoms with Gasteiger partial charge in [-0.2, -0.15) is 0 Å². The lowest BCUT2D eigenvalue weighted by molar-refractivity contribution is -0.255. The Morgan fingerprint density at radius 1 is 0.806 bits per heavy atom. The van der Waals surface area contributed by atoms with Gasteiger partial charge in [0.15, 0.2) is 0 Å². The first-order valence-corrected chi connectivity index (χ1v) is 24.6. The van der Waals surface area contributed by atoms with Crippen LogP contribution in [0.4, 0.5) is 10.5 Å². The third-order valence-electron chi connectivity index (χ3n) is 12.4. The van der Waals surface area contributed by atoms with E-state index in [4.69, 9.17) is 4.42 Å². The summed E-state index contributed by atoms with van der Waals surface area (Å²) in [6.45, 7) is 11.8. The molecule has 0 radical (unpaired) electrons. The molecule has 2 heterocycles. The zero-order valence-corrected chi connectivity index (χ0v) is 43.1. The number of benzene rings is 3. The van der Waals surface area contributed by atoms with Crippen LogP contribution in [0.5, 0.6) is 0 Å². The van der Waals surface area contributed by atoms with Crippen molar-refractivity contribution in [1.82, 2.24) is 41.8 Å². The molecule has 2 aromatic rings. The molecule has 0 fully saturated rings. The van der Waals surface area contributed by atoms with E-state index in [1.54, 1.807) is 58.1 Å². The van der Waals surface area contributed by atoms with Crippen LogP contribution in [0.3, 0.4) is 0 Å². The average molecular weight is 990 g/mol. The van der Waals surface area contributed by atoms with E-state index in [0.717, 1.165) is 11.0 Å². The van der Waals surface area contributed by atoms with E-state index < -0.39 is 59.8 Å². The second-order valence-corrected chi connectivity index (χ2v) is 19.5. The Morgan fingerprint density at radius 2 is 1.47 bits per heavy atom. The Kier molecular flexibility index (Phi) is 19.7. The summed E-state index contributed by atoms with van der Waals surface area (Å²) in [6.07, 6.45) is 8.45. The normalized spacial score (nSPS) is 16.9. The molecule has 2 aliphatic heterocycles. The average Bonchev–Trinajstić information content (AvgIpc) is 3.32. The van der Waals surface area contributed by atoms with Crippen molar-refractivity contribution in [3.8, 4) is 22.5 Å². The number of anilines is 1. The molecule has 4 atom stereocenters. The standard InChI is InChI=1S/C54H71N9O9/c1-31(2)41-23-24-45(64)55-25-15-12-16-42(50(66)58-41)59-52(68)48(33(5)6)61-54(71)60-47(32(3)4)51(67)57-27-14-11-13-26-56-49(65)34-17-20-37(40(28-34)53(69)70)46-38-21-18-35(62(7)8)29-43(38)72-44-30-36(63(9)10)19-22-39(44)46/h12,16-24,28-33,41-42,47-48H,11,13-15,25-27H2,1-10H3,(H7-,55,56,57,58,59,60,61,64,65,66,67,68,69,70,71)/b16-12+,24-23+/t41-,42+,47+,48+/m1/s1. The van der Waals surface area contributed by atoms with Crippen molar-refractivity contribution in [3.63, 3.8) is 0 Å². The predicted molar refractivity (Wildman–Crippen MR) is 277 cm³/mol. The van der Waals surface area contributed by atoms with Crippen molar-refractivity contribution in [2.45, 2.75) is 91.4 Å². The van der Waals surface area contributed by atoms with Crippen LogP contribution >= 0.6 is 0 Å². The summed E-state index contributed by atoms with van der Waals surface area (Å²) in [4.78, 5) is 93.8. The van der Waals surface area contributed by atoms with Crippen LogP contribution in [0.25, 0.3) is 33.4 Å². The number of unbranched alkanes of at least 4 members (excludes halogenated alkanes) is 2. The second-order valence-electron chi connectivity index (χ2n) is 19.5. The van der Waals surface area contributed by atoms with E-state index >= 15 is 0 Å². The number of carboxylic acid groups (broad SMARTS) is 1. The fourth-order valence-electron chi connectivity index (χ4n) is 8.13. The maximum Gasteiger partial charge on any atom is 0.316 e. The SMILES string of the molecule is CC(C)[C@H](NC(=O)N[C@H](C(=O)N[C@H]1/C=C/CCNC(=O)/C=C/[C@H](C(C)C)NC1=O)C(C)C)C(=O)NCCCCCNC(=O)c1ccc(-c2c3ccc(=[N+](C)C)cc-3oc3cc(N(C)C)ccc23)c(C(=O)[O-])c1. The molecular formula is C54H71N9O9. The van der Waals surface area contributed by atoms with Gasteiger partial charge in [0.1, 0.15) is 43.6 Å². The first-order chi connectivity index (χ1) is 34.2. The first-order valence-electron chi connectivity index (χ1n) is 24.6. The van der Waals surface area contributed by atoms with Crippen LogP contribution in [0.1, 0.15) is 87.9 Å². The molecule has 7 amide bonds. The molecule has 2 aromatic carbocycles. The molecule has 18 nitrogen and oxygen atoms in total. The number of rotatable bonds is 18. The highest BCUT2D eigenvalue weighted by atomic mass is 16.4. The first kappa shape index (κ1) is 55.4. The summed E-state index contributed by atoms with van der Waals surface area (Å²) in [5.41, 5.74) is 3.22. The maximum absolute atomic E-state index is 13.6. The van der Waals surface area contributed by atoms with E-state index in [2.05, 4.69) is 37.2 Å². The number of aromatic carboxylic acids is 1. The highest BCUT2D eigenvalue weighted by Crippen LogP contribution is 2.42. The van der Waals surface area contributed by atoms with E-state index in [9.17, 15) is 38.7 Å². The molecule has 0 spiro atoms. The third-order valence-corrected chi connectivity index (χ3v) is 12.4. The van der Waals surface area contributed by atoms with Crippen LogP contribution < -0.4 is 57.2 Å². The third kappa shape index (κ3) is 14.8. The molecule has 386 valence electrons. The van der Waals surface area contributed by atoms with E-state index in [1.165, 1.54) is 12.1 Å². The summed E-state index contributed by atoms with van der Waals surface area (Å²) in [5, 5.41) is 33.9. The van der Waals surface area contributed by atoms with Crippen LogP contribution in [0.2, 0.25) is 0 Å². The number of urea groups is 1. The number of carbonyl (C=O) groups is 7. The summed E-state index contributed by atoms with van der Waals surface area (Å²) in [7, 11) is 7.69. The lowest BCUT2D eigenvalue weighted by Crippen LogP contribution is -2.59. The Hall–Kier alpha value is -7.50. The van der Waals surface area contributed by atoms with Gasteiger partial charge < -0.3 is 56.4 Å². The summed E-state index contributed by atoms with van der Waals surface area (Å²) in [6, 6.07) is 11.8. The zero-order valence-electron chi connectivity index (χ0n) is 43.1. The second kappa shape index (κ2) is 25.6. The number of hydrogen-bond acceptors (Lipinski definition) is 10. The quantitative estimate of drug-likeness (QED) is 0.0332. The molecular weight excluding hydrogens is 919 g/mol. The highest BCUT2D eigenvalue weighted by molar-refractivity contribution is 6.09. The minimum atomic E-state index is -1.43. The number of fused-ring (bicyclic) bond motifs is 2. The Balaban J connectivity index is 1.14. The largest absolute Gasteiger partial charge is 0.545 e. The number of hydrogen-bond donors (Lipinski definition) is 7. The molecule has 18 heteroatoms. The molecule has 7 N–H and O–H groups in total. The maximum atomic E-state index is 13.6. The topological polar surface area (TPSA) is 246 Å². The van der Waals surface area contributed by atoms with Gasteiger partial charge >= 0.3 is 6.03 Å². The lowest BCUT2D eigenvalue weighted by atomic mass is 9.89. The molecule has 0 saturated carbocycles. The lowest BCUT2D eigenvalue weighted by Gasteiger charge is -2.27. The molecule has 0 unspecified atom stereocenters. The fourth-order valence-corrected chi connectivity index (χ4v) is 8.13. The minimum Gasteiger partial charge on any atom is -0.545 e. The van der Waals surface area contributed by atoms with Crippen LogP contribution in [0.15, 0.2) is 83.3 Å². The van der Waals surface area contributed by atoms with E-state index in [0.29, 0.717) is 78.7 Å². The van der Waals surface area contributed by atoms with Crippen molar-refractivity contribution in [2.24, 2.45) is 17.8 Å². The van der Waals surface area contributed by atoms with Crippen molar-refractivity contribution < 1.29 is 43.1 Å². The summed E-state index contributed by atoms with van der Waals surface area (Å²) >= 11 is 0. The molecule has 1 aliphatic carbocycles. The van der Waals surface area contributed by atoms with E-state index in [1.807, 2.05) is 87.9 Å². The van der Waals surface area contributed by atoms with Gasteiger partial charge in [0.25, 0.3) is 5.91 Å². The number of carbonyl (C=O) groups excluding carboxylic acids is 7. The molecule has 0 saturated heterocycles. The smallest absolute Gasteiger partial charge is 0.316 e. The predicted octanol–water partition coefficient (Wildman–Crippen LogP) is 3.29. The molecule has 3 aliphatic rings. The summed E-state index contributed by atoms with van der Waals surface area (Å²) in [5.74, 6) is -3.81. The van der Waals surface area contributed by atoms with E-state index in [-0.39, 0.29) is 34.8 Å². The number of nitrogens with one attached hydrogen (secondary N) is 7. The number of carboxylic acids is 1. The van der Waals surface area contributed by atoms with Gasteiger partial charge in [-0.25, -0.2) is 9.37 Å². The van der Waals surface area contributed by atoms with Gasteiger partial charge in [0, 0.05) is 91.3 Å². The zero-order chi connectivity index (χ0) is 52.8. The van der Waals surface area contributed by atoms with Crippen LogP contribution in [0, 0.1) is 17.8 Å². The van der Waals surface area contributed by atoms with Crippen molar-refractivity contribution in [3.05, 3.63) is 95.4 Å². The number of nitrogens with zero attached hydrogens (tertiary/aromatic N) is 2. The van der Waals surface area contributed by atoms with Crippen LogP contribution in [-0.2, 0) is 19.2 Å². The van der Waals surface area contributed by atoms with Gasteiger partial charge in [-0.15, -0.1) is 0 Å². The monoisotopic (exact) mass is 990 g/mol. The van der Waals surface area contributed by atoms with Crippen molar-refractivity contribution in [1.29, 1.82) is 0 Å².